The first kappa shape index (κ1) is 14.1. The van der Waals surface area contributed by atoms with E-state index in [9.17, 15) is 9.59 Å². The van der Waals surface area contributed by atoms with E-state index in [4.69, 9.17) is 22.4 Å². The monoisotopic (exact) mass is 268 g/mol. The van der Waals surface area contributed by atoms with Crippen LogP contribution in [0.5, 0.6) is 0 Å². The lowest BCUT2D eigenvalue weighted by atomic mass is 10.2. The zero-order chi connectivity index (χ0) is 13.7. The second kappa shape index (κ2) is 6.07. The number of benzene rings is 1. The van der Waals surface area contributed by atoms with Crippen molar-refractivity contribution < 1.29 is 14.7 Å². The third kappa shape index (κ3) is 4.10. The van der Waals surface area contributed by atoms with E-state index in [1.54, 1.807) is 30.1 Å². The highest BCUT2D eigenvalue weighted by Gasteiger charge is 2.08. The molecule has 1 aromatic rings. The number of nitrogens with two attached hydrogens (primary N) is 1. The van der Waals surface area contributed by atoms with E-state index >= 15 is 0 Å². The summed E-state index contributed by atoms with van der Waals surface area (Å²) in [6, 6.07) is 5.03. The van der Waals surface area contributed by atoms with E-state index < -0.39 is 11.9 Å². The molecule has 0 heterocycles. The fraction of sp³-hybridized carbons (Fsp3) is 0.167. The Morgan fingerprint density at radius 1 is 1.50 bits per heavy atom. The first-order chi connectivity index (χ1) is 8.40. The summed E-state index contributed by atoms with van der Waals surface area (Å²) in [5.41, 5.74) is 6.41. The molecule has 0 saturated heterocycles. The Hall–Kier alpha value is -2.01. The lowest BCUT2D eigenvalue weighted by Crippen LogP contribution is -2.30. The van der Waals surface area contributed by atoms with E-state index in [1.165, 1.54) is 6.08 Å². The van der Waals surface area contributed by atoms with Crippen LogP contribution in [0.3, 0.4) is 0 Å². The van der Waals surface area contributed by atoms with Crippen molar-refractivity contribution in [1.82, 2.24) is 0 Å². The van der Waals surface area contributed by atoms with Crippen LogP contribution in [0.1, 0.15) is 5.56 Å². The molecular formula is C12H13ClN2O3. The molecule has 0 radical (unpaired) electrons. The molecule has 18 heavy (non-hydrogen) atoms. The summed E-state index contributed by atoms with van der Waals surface area (Å²) in [5.74, 6) is -1.48. The number of aliphatic carboxylic acids is 1. The number of primary amides is 1. The van der Waals surface area contributed by atoms with Gasteiger partial charge in [0.15, 0.2) is 0 Å². The van der Waals surface area contributed by atoms with E-state index in [0.29, 0.717) is 16.3 Å². The number of amides is 1. The van der Waals surface area contributed by atoms with Crippen molar-refractivity contribution in [1.29, 1.82) is 0 Å². The van der Waals surface area contributed by atoms with Crippen molar-refractivity contribution in [2.45, 2.75) is 0 Å². The SMILES string of the molecule is CN(CC(N)=O)c1ccc(/C=C/C(=O)O)cc1Cl. The average molecular weight is 269 g/mol. The Balaban J connectivity index is 2.92. The number of hydrogen-bond donors (Lipinski definition) is 2. The highest BCUT2D eigenvalue weighted by atomic mass is 35.5. The highest BCUT2D eigenvalue weighted by molar-refractivity contribution is 6.33. The molecule has 1 rings (SSSR count). The smallest absolute Gasteiger partial charge is 0.328 e. The minimum Gasteiger partial charge on any atom is -0.478 e. The van der Waals surface area contributed by atoms with E-state index in [0.717, 1.165) is 6.08 Å². The van der Waals surface area contributed by atoms with E-state index in [1.807, 2.05) is 0 Å². The molecule has 0 aliphatic carbocycles. The van der Waals surface area contributed by atoms with Gasteiger partial charge >= 0.3 is 5.97 Å². The maximum atomic E-state index is 10.8. The van der Waals surface area contributed by atoms with Crippen molar-refractivity contribution >= 4 is 35.2 Å². The van der Waals surface area contributed by atoms with Crippen LogP contribution in [-0.2, 0) is 9.59 Å². The summed E-state index contributed by atoms with van der Waals surface area (Å²) in [7, 11) is 1.69. The van der Waals surface area contributed by atoms with E-state index in [-0.39, 0.29) is 6.54 Å². The number of carboxylic acid groups (broad SMARTS) is 1. The molecule has 0 bridgehead atoms. The Morgan fingerprint density at radius 3 is 2.67 bits per heavy atom. The van der Waals surface area contributed by atoms with E-state index in [2.05, 4.69) is 0 Å². The molecule has 0 aromatic heterocycles. The zero-order valence-corrected chi connectivity index (χ0v) is 10.5. The second-order valence-electron chi connectivity index (χ2n) is 3.70. The molecule has 0 aliphatic heterocycles. The van der Waals surface area contributed by atoms with Crippen molar-refractivity contribution in [3.63, 3.8) is 0 Å². The molecule has 5 nitrogen and oxygen atoms in total. The van der Waals surface area contributed by atoms with Gasteiger partial charge in [0.1, 0.15) is 0 Å². The van der Waals surface area contributed by atoms with Gasteiger partial charge in [-0.3, -0.25) is 4.79 Å². The molecule has 1 amide bonds. The topological polar surface area (TPSA) is 83.6 Å². The molecular weight excluding hydrogens is 256 g/mol. The Morgan fingerprint density at radius 2 is 2.17 bits per heavy atom. The van der Waals surface area contributed by atoms with Crippen molar-refractivity contribution in [2.24, 2.45) is 5.73 Å². The fourth-order valence-corrected chi connectivity index (χ4v) is 1.76. The molecule has 0 aliphatic rings. The first-order valence-electron chi connectivity index (χ1n) is 5.10. The number of carbonyl (C=O) groups excluding carboxylic acids is 1. The third-order valence-corrected chi connectivity index (χ3v) is 2.50. The molecule has 0 saturated carbocycles. The van der Waals surface area contributed by atoms with Gasteiger partial charge in [-0.15, -0.1) is 0 Å². The summed E-state index contributed by atoms with van der Waals surface area (Å²) in [4.78, 5) is 22.8. The Labute approximate surface area is 109 Å². The summed E-state index contributed by atoms with van der Waals surface area (Å²) >= 11 is 6.05. The van der Waals surface area contributed by atoms with Crippen LogP contribution < -0.4 is 10.6 Å². The number of carbonyl (C=O) groups is 2. The minimum atomic E-state index is -1.03. The highest BCUT2D eigenvalue weighted by Crippen LogP contribution is 2.26. The molecule has 3 N–H and O–H groups in total. The summed E-state index contributed by atoms with van der Waals surface area (Å²) in [6.45, 7) is 0.0596. The quantitative estimate of drug-likeness (QED) is 0.790. The van der Waals surface area contributed by atoms with Crippen LogP contribution >= 0.6 is 11.6 Å². The standard InChI is InChI=1S/C12H13ClN2O3/c1-15(7-11(14)16)10-4-2-8(6-9(10)13)3-5-12(17)18/h2-6H,7H2,1H3,(H2,14,16)(H,17,18)/b5-3+. The molecule has 96 valence electrons. The number of carboxylic acids is 1. The zero-order valence-electron chi connectivity index (χ0n) is 9.76. The van der Waals surface area contributed by atoms with Gasteiger partial charge < -0.3 is 15.7 Å². The van der Waals surface area contributed by atoms with Gasteiger partial charge in [-0.2, -0.15) is 0 Å². The van der Waals surface area contributed by atoms with Crippen LogP contribution in [0.15, 0.2) is 24.3 Å². The van der Waals surface area contributed by atoms with Gasteiger partial charge in [0, 0.05) is 13.1 Å². The summed E-state index contributed by atoms with van der Waals surface area (Å²) in [6.07, 6.45) is 2.46. The van der Waals surface area contributed by atoms with Gasteiger partial charge in [-0.05, 0) is 23.8 Å². The fourth-order valence-electron chi connectivity index (χ4n) is 1.42. The van der Waals surface area contributed by atoms with Crippen LogP contribution in [0.4, 0.5) is 5.69 Å². The summed E-state index contributed by atoms with van der Waals surface area (Å²) < 4.78 is 0. The number of halogens is 1. The van der Waals surface area contributed by atoms with Crippen LogP contribution in [-0.4, -0.2) is 30.6 Å². The van der Waals surface area contributed by atoms with Crippen molar-refractivity contribution in [2.75, 3.05) is 18.5 Å². The molecule has 0 fully saturated rings. The average Bonchev–Trinajstić information content (AvgIpc) is 2.25. The van der Waals surface area contributed by atoms with Gasteiger partial charge in [-0.25, -0.2) is 4.79 Å². The van der Waals surface area contributed by atoms with Gasteiger partial charge in [-0.1, -0.05) is 17.7 Å². The van der Waals surface area contributed by atoms with Crippen LogP contribution in [0.2, 0.25) is 5.02 Å². The Kier molecular flexibility index (Phi) is 4.74. The molecule has 6 heteroatoms. The maximum Gasteiger partial charge on any atom is 0.328 e. The molecule has 0 atom stereocenters. The van der Waals surface area contributed by atoms with Crippen LogP contribution in [0, 0.1) is 0 Å². The van der Waals surface area contributed by atoms with Crippen molar-refractivity contribution in [3.8, 4) is 0 Å². The van der Waals surface area contributed by atoms with Crippen LogP contribution in [0.25, 0.3) is 6.08 Å². The largest absolute Gasteiger partial charge is 0.478 e. The normalized spacial score (nSPS) is 10.6. The Bertz CT molecular complexity index is 500. The lowest BCUT2D eigenvalue weighted by molar-refractivity contribution is -0.131. The lowest BCUT2D eigenvalue weighted by Gasteiger charge is -2.18. The number of anilines is 1. The second-order valence-corrected chi connectivity index (χ2v) is 4.11. The predicted molar refractivity (Wildman–Crippen MR) is 70.6 cm³/mol. The summed E-state index contributed by atoms with van der Waals surface area (Å²) in [5, 5.41) is 8.93. The molecule has 0 spiro atoms. The first-order valence-corrected chi connectivity index (χ1v) is 5.48. The number of hydrogen-bond acceptors (Lipinski definition) is 3. The molecule has 0 unspecified atom stereocenters. The predicted octanol–water partition coefficient (Wildman–Crippen LogP) is 1.36. The van der Waals surface area contributed by atoms with Gasteiger partial charge in [0.05, 0.1) is 17.3 Å². The minimum absolute atomic E-state index is 0.0596. The van der Waals surface area contributed by atoms with Gasteiger partial charge in [0.25, 0.3) is 0 Å². The number of rotatable bonds is 5. The molecule has 1 aromatic carbocycles. The van der Waals surface area contributed by atoms with Gasteiger partial charge in [0.2, 0.25) is 5.91 Å². The number of likely N-dealkylation sites (N-methyl/N-ethyl adjacent to an activating group) is 1. The number of nitrogens with zero attached hydrogens (tertiary/aromatic N) is 1. The third-order valence-electron chi connectivity index (χ3n) is 2.19. The maximum absolute atomic E-state index is 10.8. The van der Waals surface area contributed by atoms with Crippen molar-refractivity contribution in [3.05, 3.63) is 34.9 Å².